The number of hydrogen-bond acceptors (Lipinski definition) is 3. The summed E-state index contributed by atoms with van der Waals surface area (Å²) in [5.74, 6) is 0. The molecule has 1 rings (SSSR count). The Bertz CT molecular complexity index is 478. The van der Waals surface area contributed by atoms with E-state index in [9.17, 15) is 8.42 Å². The molecule has 1 aromatic carbocycles. The predicted octanol–water partition coefficient (Wildman–Crippen LogP) is 1.27. The summed E-state index contributed by atoms with van der Waals surface area (Å²) in [4.78, 5) is 2.13. The predicted molar refractivity (Wildman–Crippen MR) is 65.7 cm³/mol. The molecule has 0 fully saturated rings. The van der Waals surface area contributed by atoms with E-state index in [1.165, 1.54) is 0 Å². The van der Waals surface area contributed by atoms with Crippen molar-refractivity contribution in [3.05, 3.63) is 54.2 Å². The zero-order chi connectivity index (χ0) is 12.0. The second-order valence-electron chi connectivity index (χ2n) is 3.27. The van der Waals surface area contributed by atoms with Gasteiger partial charge in [0.05, 0.1) is 6.26 Å². The molecule has 0 radical (unpaired) electrons. The lowest BCUT2D eigenvalue weighted by molar-refractivity contribution is 0.578. The molecule has 16 heavy (non-hydrogen) atoms. The molecule has 0 bridgehead atoms. The molecule has 2 N–H and O–H groups in total. The highest BCUT2D eigenvalue weighted by Gasteiger charge is 1.97. The van der Waals surface area contributed by atoms with E-state index in [0.717, 1.165) is 11.8 Å². The van der Waals surface area contributed by atoms with Crippen molar-refractivity contribution in [3.63, 3.8) is 0 Å². The molecular weight excluding hydrogens is 224 g/mol. The molecule has 0 unspecified atom stereocenters. The molecule has 0 aliphatic carbocycles. The summed E-state index contributed by atoms with van der Waals surface area (Å²) < 4.78 is 21.5. The monoisotopic (exact) mass is 238 g/mol. The van der Waals surface area contributed by atoms with Gasteiger partial charge in [-0.1, -0.05) is 43.0 Å². The largest absolute Gasteiger partial charge is 0.309 e. The molecule has 4 nitrogen and oxygen atoms in total. The van der Waals surface area contributed by atoms with E-state index in [1.807, 2.05) is 36.4 Å². The molecule has 0 heterocycles. The van der Waals surface area contributed by atoms with Crippen LogP contribution in [-0.4, -0.2) is 14.7 Å². The summed E-state index contributed by atoms with van der Waals surface area (Å²) in [5, 5.41) is 0. The van der Waals surface area contributed by atoms with Gasteiger partial charge < -0.3 is 5.43 Å². The van der Waals surface area contributed by atoms with Gasteiger partial charge >= 0.3 is 0 Å². The van der Waals surface area contributed by atoms with Gasteiger partial charge in [0.25, 0.3) is 0 Å². The zero-order valence-corrected chi connectivity index (χ0v) is 9.79. The Balaban J connectivity index is 2.49. The molecule has 0 atom stereocenters. The summed E-state index contributed by atoms with van der Waals surface area (Å²) in [7, 11) is -3.26. The third-order valence-electron chi connectivity index (χ3n) is 1.67. The van der Waals surface area contributed by atoms with Crippen LogP contribution in [0.2, 0.25) is 0 Å². The van der Waals surface area contributed by atoms with Gasteiger partial charge in [-0.15, -0.1) is 4.83 Å². The first kappa shape index (κ1) is 12.5. The Morgan fingerprint density at radius 3 is 2.50 bits per heavy atom. The first-order valence-corrected chi connectivity index (χ1v) is 6.51. The van der Waals surface area contributed by atoms with Crippen LogP contribution >= 0.6 is 0 Å². The van der Waals surface area contributed by atoms with Crippen LogP contribution in [0.4, 0.5) is 0 Å². The summed E-state index contributed by atoms with van der Waals surface area (Å²) in [5.41, 5.74) is 3.96. The van der Waals surface area contributed by atoms with Gasteiger partial charge in [0.2, 0.25) is 10.0 Å². The first-order chi connectivity index (χ1) is 7.47. The number of rotatable bonds is 5. The maximum absolute atomic E-state index is 10.8. The zero-order valence-electron chi connectivity index (χ0n) is 8.97. The minimum absolute atomic E-state index is 0.467. The van der Waals surface area contributed by atoms with Crippen LogP contribution in [0, 0.1) is 0 Å². The molecule has 0 saturated carbocycles. The SMILES string of the molecule is C=C(/C=C/c1ccccc1)NNS(C)(=O)=O. The van der Waals surface area contributed by atoms with Crippen molar-refractivity contribution < 1.29 is 8.42 Å². The van der Waals surface area contributed by atoms with Crippen molar-refractivity contribution in [2.75, 3.05) is 6.26 Å². The molecule has 5 heteroatoms. The van der Waals surface area contributed by atoms with Gasteiger partial charge in [-0.3, -0.25) is 0 Å². The van der Waals surface area contributed by atoms with Crippen LogP contribution in [0.15, 0.2) is 48.7 Å². The lowest BCUT2D eigenvalue weighted by atomic mass is 10.2. The van der Waals surface area contributed by atoms with Crippen LogP contribution in [0.3, 0.4) is 0 Å². The number of nitrogens with one attached hydrogen (secondary N) is 2. The smallest absolute Gasteiger partial charge is 0.225 e. The molecule has 0 aliphatic rings. The maximum Gasteiger partial charge on any atom is 0.225 e. The standard InChI is InChI=1S/C11H14N2O2S/c1-10(12-13-16(2,14)15)8-9-11-6-4-3-5-7-11/h3-9,12-13H,1H2,2H3/b9-8+. The van der Waals surface area contributed by atoms with E-state index in [-0.39, 0.29) is 0 Å². The van der Waals surface area contributed by atoms with E-state index in [2.05, 4.69) is 16.8 Å². The topological polar surface area (TPSA) is 58.2 Å². The molecule has 0 spiro atoms. The van der Waals surface area contributed by atoms with Crippen LogP contribution < -0.4 is 10.3 Å². The third kappa shape index (κ3) is 5.33. The number of hydrogen-bond donors (Lipinski definition) is 2. The van der Waals surface area contributed by atoms with Crippen molar-refractivity contribution in [3.8, 4) is 0 Å². The average Bonchev–Trinajstić information content (AvgIpc) is 2.24. The Hall–Kier alpha value is -1.59. The van der Waals surface area contributed by atoms with Gasteiger partial charge in [-0.25, -0.2) is 8.42 Å². The van der Waals surface area contributed by atoms with Crippen molar-refractivity contribution >= 4 is 16.1 Å². The molecular formula is C11H14N2O2S. The lowest BCUT2D eigenvalue weighted by Crippen LogP contribution is -2.34. The van der Waals surface area contributed by atoms with E-state index in [0.29, 0.717) is 5.70 Å². The fourth-order valence-electron chi connectivity index (χ4n) is 0.961. The molecule has 86 valence electrons. The van der Waals surface area contributed by atoms with E-state index >= 15 is 0 Å². The normalized spacial score (nSPS) is 11.6. The van der Waals surface area contributed by atoms with Gasteiger partial charge in [-0.2, -0.15) is 0 Å². The number of allylic oxidation sites excluding steroid dienone is 1. The first-order valence-electron chi connectivity index (χ1n) is 4.62. The van der Waals surface area contributed by atoms with Crippen molar-refractivity contribution in [2.45, 2.75) is 0 Å². The minimum atomic E-state index is -3.26. The van der Waals surface area contributed by atoms with Gasteiger partial charge in [0.15, 0.2) is 0 Å². The molecule has 1 aromatic rings. The second kappa shape index (κ2) is 5.48. The second-order valence-corrected chi connectivity index (χ2v) is 5.02. The molecule has 0 saturated heterocycles. The minimum Gasteiger partial charge on any atom is -0.309 e. The molecule has 0 aromatic heterocycles. The summed E-state index contributed by atoms with van der Waals surface area (Å²) >= 11 is 0. The van der Waals surface area contributed by atoms with E-state index in [4.69, 9.17) is 0 Å². The van der Waals surface area contributed by atoms with Crippen molar-refractivity contribution in [2.24, 2.45) is 0 Å². The maximum atomic E-state index is 10.8. The van der Waals surface area contributed by atoms with Gasteiger partial charge in [-0.05, 0) is 11.6 Å². The molecule has 0 aliphatic heterocycles. The van der Waals surface area contributed by atoms with Crippen LogP contribution in [0.1, 0.15) is 5.56 Å². The highest BCUT2D eigenvalue weighted by Crippen LogP contribution is 2.02. The number of hydrazine groups is 1. The Morgan fingerprint density at radius 1 is 1.31 bits per heavy atom. The number of benzene rings is 1. The average molecular weight is 238 g/mol. The summed E-state index contributed by atoms with van der Waals surface area (Å²) in [6.07, 6.45) is 4.58. The Labute approximate surface area is 95.7 Å². The van der Waals surface area contributed by atoms with Crippen molar-refractivity contribution in [1.82, 2.24) is 10.3 Å². The lowest BCUT2D eigenvalue weighted by Gasteiger charge is -2.04. The van der Waals surface area contributed by atoms with E-state index in [1.54, 1.807) is 6.08 Å². The quantitative estimate of drug-likeness (QED) is 0.600. The highest BCUT2D eigenvalue weighted by atomic mass is 32.2. The van der Waals surface area contributed by atoms with Gasteiger partial charge in [0.1, 0.15) is 0 Å². The van der Waals surface area contributed by atoms with Crippen molar-refractivity contribution in [1.29, 1.82) is 0 Å². The van der Waals surface area contributed by atoms with E-state index < -0.39 is 10.0 Å². The van der Waals surface area contributed by atoms with Crippen LogP contribution in [0.25, 0.3) is 6.08 Å². The highest BCUT2D eigenvalue weighted by molar-refractivity contribution is 7.88. The summed E-state index contributed by atoms with van der Waals surface area (Å²) in [6.45, 7) is 3.65. The Kier molecular flexibility index (Phi) is 4.28. The Morgan fingerprint density at radius 2 is 1.94 bits per heavy atom. The number of sulfonamides is 1. The summed E-state index contributed by atoms with van der Waals surface area (Å²) in [6, 6.07) is 9.65. The molecule has 0 amide bonds. The third-order valence-corrected chi connectivity index (χ3v) is 2.15. The van der Waals surface area contributed by atoms with Crippen LogP contribution in [0.5, 0.6) is 0 Å². The fraction of sp³-hybridized carbons (Fsp3) is 0.0909. The fourth-order valence-corrected chi connectivity index (χ4v) is 1.28. The van der Waals surface area contributed by atoms with Gasteiger partial charge in [0, 0.05) is 5.70 Å². The van der Waals surface area contributed by atoms with Crippen LogP contribution in [-0.2, 0) is 10.0 Å².